The summed E-state index contributed by atoms with van der Waals surface area (Å²) in [5.41, 5.74) is 0. The van der Waals surface area contributed by atoms with Crippen LogP contribution in [-0.2, 0) is 9.47 Å². The molecule has 0 aromatic heterocycles. The summed E-state index contributed by atoms with van der Waals surface area (Å²) in [7, 11) is 0. The third-order valence-electron chi connectivity index (χ3n) is 2.62. The molecule has 4 nitrogen and oxygen atoms in total. The molecule has 98 valence electrons. The topological polar surface area (TPSA) is 50.7 Å². The van der Waals surface area contributed by atoms with Crippen molar-refractivity contribution >= 4 is 0 Å². The highest BCUT2D eigenvalue weighted by atomic mass is 16.5. The second kappa shape index (κ2) is 9.43. The van der Waals surface area contributed by atoms with Gasteiger partial charge in [0, 0.05) is 26.1 Å². The van der Waals surface area contributed by atoms with Crippen molar-refractivity contribution in [3.05, 3.63) is 0 Å². The Bertz CT molecular complexity index is 241. The molecule has 0 bridgehead atoms. The van der Waals surface area contributed by atoms with Crippen LogP contribution in [0, 0.1) is 11.8 Å². The molecule has 0 spiro atoms. The smallest absolute Gasteiger partial charge is 0.0897 e. The van der Waals surface area contributed by atoms with E-state index in [-0.39, 0.29) is 6.10 Å². The quantitative estimate of drug-likeness (QED) is 0.481. The summed E-state index contributed by atoms with van der Waals surface area (Å²) in [5, 5.41) is 12.7. The average molecular weight is 241 g/mol. The van der Waals surface area contributed by atoms with Crippen molar-refractivity contribution in [3.8, 4) is 11.8 Å². The zero-order chi connectivity index (χ0) is 12.3. The van der Waals surface area contributed by atoms with Crippen molar-refractivity contribution in [2.75, 3.05) is 32.9 Å². The molecule has 0 aromatic rings. The van der Waals surface area contributed by atoms with Gasteiger partial charge in [-0.05, 0) is 19.8 Å². The molecule has 1 fully saturated rings. The number of nitrogens with one attached hydrogen (secondary N) is 1. The van der Waals surface area contributed by atoms with E-state index in [1.54, 1.807) is 0 Å². The normalized spacial score (nSPS) is 20.9. The average Bonchev–Trinajstić information content (AvgIpc) is 2.82. The highest BCUT2D eigenvalue weighted by Gasteiger charge is 2.15. The highest BCUT2D eigenvalue weighted by Crippen LogP contribution is 2.11. The third kappa shape index (κ3) is 7.35. The monoisotopic (exact) mass is 241 g/mol. The molecule has 0 aromatic carbocycles. The van der Waals surface area contributed by atoms with E-state index in [0.29, 0.717) is 19.8 Å². The zero-order valence-electron chi connectivity index (χ0n) is 10.6. The van der Waals surface area contributed by atoms with Crippen LogP contribution >= 0.6 is 0 Å². The minimum absolute atomic E-state index is 0.231. The van der Waals surface area contributed by atoms with E-state index in [1.807, 2.05) is 6.92 Å². The van der Waals surface area contributed by atoms with Crippen LogP contribution in [0.4, 0.5) is 0 Å². The number of rotatable bonds is 8. The number of aliphatic hydroxyl groups is 1. The van der Waals surface area contributed by atoms with Gasteiger partial charge in [-0.2, -0.15) is 0 Å². The van der Waals surface area contributed by atoms with Gasteiger partial charge in [0.25, 0.3) is 0 Å². The summed E-state index contributed by atoms with van der Waals surface area (Å²) in [6.07, 6.45) is 2.79. The largest absolute Gasteiger partial charge is 0.389 e. The Labute approximate surface area is 104 Å². The Balaban J connectivity index is 1.89. The van der Waals surface area contributed by atoms with Crippen LogP contribution in [0.25, 0.3) is 0 Å². The molecule has 17 heavy (non-hydrogen) atoms. The first-order valence-electron chi connectivity index (χ1n) is 6.30. The van der Waals surface area contributed by atoms with Gasteiger partial charge < -0.3 is 19.9 Å². The zero-order valence-corrected chi connectivity index (χ0v) is 10.6. The summed E-state index contributed by atoms with van der Waals surface area (Å²) >= 11 is 0. The van der Waals surface area contributed by atoms with Crippen molar-refractivity contribution < 1.29 is 14.6 Å². The van der Waals surface area contributed by atoms with E-state index in [9.17, 15) is 5.11 Å². The van der Waals surface area contributed by atoms with Gasteiger partial charge >= 0.3 is 0 Å². The van der Waals surface area contributed by atoms with Crippen LogP contribution in [0.5, 0.6) is 0 Å². The second-order valence-electron chi connectivity index (χ2n) is 4.21. The maximum absolute atomic E-state index is 9.62. The maximum Gasteiger partial charge on any atom is 0.0897 e. The number of hydrogen-bond donors (Lipinski definition) is 2. The fourth-order valence-corrected chi connectivity index (χ4v) is 1.71. The van der Waals surface area contributed by atoms with Crippen molar-refractivity contribution in [1.82, 2.24) is 5.32 Å². The molecule has 4 heteroatoms. The van der Waals surface area contributed by atoms with Crippen molar-refractivity contribution in [2.24, 2.45) is 0 Å². The van der Waals surface area contributed by atoms with Gasteiger partial charge in [0.15, 0.2) is 0 Å². The van der Waals surface area contributed by atoms with Gasteiger partial charge in [-0.1, -0.05) is 0 Å². The van der Waals surface area contributed by atoms with Crippen LogP contribution in [0.2, 0.25) is 0 Å². The lowest BCUT2D eigenvalue weighted by atomic mass is 10.2. The van der Waals surface area contributed by atoms with Crippen molar-refractivity contribution in [2.45, 2.75) is 38.4 Å². The number of aliphatic hydroxyl groups excluding tert-OH is 1. The van der Waals surface area contributed by atoms with Crippen LogP contribution in [0.3, 0.4) is 0 Å². The Hall–Kier alpha value is -0.600. The van der Waals surface area contributed by atoms with Crippen LogP contribution in [0.15, 0.2) is 0 Å². The standard InChI is InChI=1S/C13H23NO3/c1-2-3-4-7-14-9-12(15)10-16-11-13-6-5-8-17-13/h12-15H,4-11H2,1H3. The minimum atomic E-state index is -0.453. The van der Waals surface area contributed by atoms with Crippen LogP contribution < -0.4 is 5.32 Å². The first-order valence-corrected chi connectivity index (χ1v) is 6.30. The molecular weight excluding hydrogens is 218 g/mol. The molecule has 2 unspecified atom stereocenters. The Morgan fingerprint density at radius 3 is 3.18 bits per heavy atom. The molecule has 1 aliphatic rings. The van der Waals surface area contributed by atoms with E-state index < -0.39 is 6.10 Å². The predicted octanol–water partition coefficient (Wildman–Crippen LogP) is 0.546. The van der Waals surface area contributed by atoms with Crippen LogP contribution in [-0.4, -0.2) is 50.2 Å². The molecule has 0 amide bonds. The highest BCUT2D eigenvalue weighted by molar-refractivity contribution is 4.95. The van der Waals surface area contributed by atoms with Gasteiger partial charge in [0.1, 0.15) is 0 Å². The Kier molecular flexibility index (Phi) is 8.02. The van der Waals surface area contributed by atoms with Gasteiger partial charge in [0.05, 0.1) is 25.4 Å². The number of hydrogen-bond acceptors (Lipinski definition) is 4. The molecule has 1 heterocycles. The van der Waals surface area contributed by atoms with Gasteiger partial charge in [-0.3, -0.25) is 0 Å². The predicted molar refractivity (Wildman–Crippen MR) is 66.7 cm³/mol. The summed E-state index contributed by atoms with van der Waals surface area (Å²) in [6.45, 7) is 5.00. The van der Waals surface area contributed by atoms with E-state index >= 15 is 0 Å². The van der Waals surface area contributed by atoms with E-state index in [0.717, 1.165) is 32.4 Å². The Morgan fingerprint density at radius 1 is 1.59 bits per heavy atom. The molecule has 0 aliphatic carbocycles. The van der Waals surface area contributed by atoms with Gasteiger partial charge in [0.2, 0.25) is 0 Å². The molecule has 0 saturated carbocycles. The fraction of sp³-hybridized carbons (Fsp3) is 0.846. The molecule has 1 saturated heterocycles. The first-order chi connectivity index (χ1) is 8.33. The number of ether oxygens (including phenoxy) is 2. The summed E-state index contributed by atoms with van der Waals surface area (Å²) in [6, 6.07) is 0. The van der Waals surface area contributed by atoms with Crippen LogP contribution in [0.1, 0.15) is 26.2 Å². The summed E-state index contributed by atoms with van der Waals surface area (Å²) < 4.78 is 10.8. The molecule has 1 rings (SSSR count). The van der Waals surface area contributed by atoms with Crippen molar-refractivity contribution in [3.63, 3.8) is 0 Å². The maximum atomic E-state index is 9.62. The summed E-state index contributed by atoms with van der Waals surface area (Å²) in [4.78, 5) is 0. The lowest BCUT2D eigenvalue weighted by molar-refractivity contribution is -0.0163. The van der Waals surface area contributed by atoms with Crippen molar-refractivity contribution in [1.29, 1.82) is 0 Å². The molecule has 2 N–H and O–H groups in total. The van der Waals surface area contributed by atoms with E-state index in [2.05, 4.69) is 17.2 Å². The molecular formula is C13H23NO3. The molecule has 1 aliphatic heterocycles. The fourth-order valence-electron chi connectivity index (χ4n) is 1.71. The summed E-state index contributed by atoms with van der Waals surface area (Å²) in [5.74, 6) is 5.79. The lowest BCUT2D eigenvalue weighted by Crippen LogP contribution is -2.32. The third-order valence-corrected chi connectivity index (χ3v) is 2.62. The minimum Gasteiger partial charge on any atom is -0.389 e. The lowest BCUT2D eigenvalue weighted by Gasteiger charge is -2.14. The SMILES string of the molecule is CC#CCCNCC(O)COCC1CCCO1. The van der Waals surface area contributed by atoms with E-state index in [4.69, 9.17) is 9.47 Å². The van der Waals surface area contributed by atoms with E-state index in [1.165, 1.54) is 0 Å². The van der Waals surface area contributed by atoms with Gasteiger partial charge in [-0.15, -0.1) is 11.8 Å². The first kappa shape index (κ1) is 14.5. The molecule has 2 atom stereocenters. The Morgan fingerprint density at radius 2 is 2.47 bits per heavy atom. The van der Waals surface area contributed by atoms with Gasteiger partial charge in [-0.25, -0.2) is 0 Å². The second-order valence-corrected chi connectivity index (χ2v) is 4.21. The molecule has 0 radical (unpaired) electrons.